The monoisotopic (exact) mass is 512 g/mol. The van der Waals surface area contributed by atoms with Crippen LogP contribution in [0.4, 0.5) is 5.82 Å². The van der Waals surface area contributed by atoms with E-state index in [1.165, 1.54) is 13.4 Å². The molecule has 0 saturated carbocycles. The molecule has 1 fully saturated rings. The van der Waals surface area contributed by atoms with Gasteiger partial charge >= 0.3 is 146 Å². The summed E-state index contributed by atoms with van der Waals surface area (Å²) in [7, 11) is 1.47. The molecular weight excluding hydrogens is 487 g/mol. The maximum atomic E-state index is 12.6. The third-order valence-electron chi connectivity index (χ3n) is 5.45. The number of likely N-dealkylation sites (tertiary alicyclic amines) is 1. The number of nitrogens with one attached hydrogen (secondary N) is 1. The van der Waals surface area contributed by atoms with Crippen molar-refractivity contribution in [3.63, 3.8) is 0 Å². The first-order valence-corrected chi connectivity index (χ1v) is 13.3. The van der Waals surface area contributed by atoms with Crippen molar-refractivity contribution in [3.05, 3.63) is 36.3 Å². The fourth-order valence-electron chi connectivity index (χ4n) is 3.80. The van der Waals surface area contributed by atoms with Gasteiger partial charge in [-0.2, -0.15) is 5.26 Å². The number of methoxy groups -OCH3 is 1. The third kappa shape index (κ3) is 4.88. The van der Waals surface area contributed by atoms with Crippen LogP contribution in [0.3, 0.4) is 0 Å². The quantitative estimate of drug-likeness (QED) is 0.451. The molecule has 1 aliphatic rings. The van der Waals surface area contributed by atoms with Gasteiger partial charge in [0, 0.05) is 6.20 Å². The second kappa shape index (κ2) is 10.1. The summed E-state index contributed by atoms with van der Waals surface area (Å²) in [5, 5.41) is 13.5. The molecule has 4 rings (SSSR count). The molecule has 1 amide bonds. The van der Waals surface area contributed by atoms with Gasteiger partial charge in [0.05, 0.1) is 7.11 Å². The van der Waals surface area contributed by atoms with E-state index in [0.29, 0.717) is 61.7 Å². The Balaban J connectivity index is 1.57. The summed E-state index contributed by atoms with van der Waals surface area (Å²) in [6, 6.07) is 7.09. The number of nitrogens with zero attached hydrogens (tertiary/aromatic N) is 6. The van der Waals surface area contributed by atoms with E-state index in [-0.39, 0.29) is 17.8 Å². The van der Waals surface area contributed by atoms with Gasteiger partial charge in [-0.25, -0.2) is 4.98 Å². The smallest absolute Gasteiger partial charge is 0.115 e. The normalized spacial score (nSPS) is 16.4. The van der Waals surface area contributed by atoms with Crippen molar-refractivity contribution in [1.82, 2.24) is 24.8 Å². The van der Waals surface area contributed by atoms with E-state index < -0.39 is 6.04 Å². The van der Waals surface area contributed by atoms with Crippen LogP contribution in [-0.2, 0) is 4.79 Å². The number of pyridine rings is 2. The van der Waals surface area contributed by atoms with Crippen molar-refractivity contribution < 1.29 is 9.53 Å². The summed E-state index contributed by atoms with van der Waals surface area (Å²) >= 11 is 0.364. The summed E-state index contributed by atoms with van der Waals surface area (Å²) in [4.78, 5) is 32.0. The maximum Gasteiger partial charge on any atom is 0.115 e. The number of nitriles is 1. The van der Waals surface area contributed by atoms with Crippen molar-refractivity contribution >= 4 is 37.7 Å². The molecular formula is C22H24N8O2Se. The number of hydrogen-bond donors (Lipinski definition) is 2. The Kier molecular flexibility index (Phi) is 6.99. The van der Waals surface area contributed by atoms with Crippen molar-refractivity contribution in [1.29, 1.82) is 5.26 Å². The van der Waals surface area contributed by atoms with Gasteiger partial charge in [-0.3, -0.25) is 0 Å². The summed E-state index contributed by atoms with van der Waals surface area (Å²) in [5.41, 5.74) is 8.99. The molecule has 10 nitrogen and oxygen atoms in total. The number of carbonyl (C=O) groups excluding carboxylic acids is 1. The number of aromatic nitrogens is 4. The minimum absolute atomic E-state index is 0.0104. The Morgan fingerprint density at radius 3 is 3.03 bits per heavy atom. The van der Waals surface area contributed by atoms with E-state index in [1.54, 1.807) is 12.3 Å². The van der Waals surface area contributed by atoms with Crippen LogP contribution in [0.15, 0.2) is 30.7 Å². The minimum atomic E-state index is -0.422. The zero-order chi connectivity index (χ0) is 23.4. The molecule has 3 aromatic rings. The molecule has 3 N–H and O–H groups in total. The standard InChI is InChI=1S/C22H24N8O2Se/c1-32-21-13(8-23)7-14(9-25-21)17-3-4-18-19(29-17)20(27-12-26-18)28-15-5-6-30(10-15)22(31)16(24)11-33-2/h3-4,7,9,12,15-16H,5-6,10-11,24H2,1-2H3,(H,26,27,28)/t15-,16?/m0/s1. The summed E-state index contributed by atoms with van der Waals surface area (Å²) in [6.07, 6.45) is 3.91. The molecule has 170 valence electrons. The molecule has 1 aliphatic heterocycles. The molecule has 33 heavy (non-hydrogen) atoms. The average Bonchev–Trinajstić information content (AvgIpc) is 3.31. The maximum absolute atomic E-state index is 12.6. The number of rotatable bonds is 7. The van der Waals surface area contributed by atoms with Gasteiger partial charge in [0.1, 0.15) is 11.6 Å². The van der Waals surface area contributed by atoms with Crippen LogP contribution in [-0.4, -0.2) is 78.0 Å². The molecule has 3 aromatic heterocycles. The van der Waals surface area contributed by atoms with Crippen molar-refractivity contribution in [3.8, 4) is 23.2 Å². The van der Waals surface area contributed by atoms with Crippen LogP contribution in [0, 0.1) is 11.3 Å². The molecule has 11 heteroatoms. The number of nitrogens with two attached hydrogens (primary N) is 1. The molecule has 0 radical (unpaired) electrons. The van der Waals surface area contributed by atoms with Gasteiger partial charge in [0.25, 0.3) is 0 Å². The van der Waals surface area contributed by atoms with Gasteiger partial charge < -0.3 is 4.74 Å². The molecule has 0 spiro atoms. The first-order chi connectivity index (χ1) is 16.0. The molecule has 1 unspecified atom stereocenters. The fourth-order valence-corrected chi connectivity index (χ4v) is 4.85. The Labute approximate surface area is 197 Å². The van der Waals surface area contributed by atoms with Gasteiger partial charge in [0.2, 0.25) is 5.88 Å². The Morgan fingerprint density at radius 1 is 1.42 bits per heavy atom. The van der Waals surface area contributed by atoms with E-state index in [0.717, 1.165) is 11.7 Å². The second-order valence-electron chi connectivity index (χ2n) is 7.66. The van der Waals surface area contributed by atoms with Crippen LogP contribution in [0.1, 0.15) is 12.0 Å². The summed E-state index contributed by atoms with van der Waals surface area (Å²) in [6.45, 7) is 1.24. The first kappa shape index (κ1) is 22.9. The second-order valence-corrected chi connectivity index (χ2v) is 9.57. The number of amides is 1. The Morgan fingerprint density at radius 2 is 2.27 bits per heavy atom. The SMILES string of the molecule is COc1ncc(-c2ccc3ncnc(N[C@H]4CCN(C(=O)C(N)C[Se]C)C4)c3n2)cc1C#N. The number of ether oxygens (including phenoxy) is 1. The third-order valence-corrected chi connectivity index (χ3v) is 6.90. The molecule has 4 heterocycles. The molecule has 0 bridgehead atoms. The largest absolute Gasteiger partial charge is 0.192 e. The van der Waals surface area contributed by atoms with E-state index in [2.05, 4.69) is 32.2 Å². The Hall–Kier alpha value is -3.32. The predicted octanol–water partition coefficient (Wildman–Crippen LogP) is 1.48. The van der Waals surface area contributed by atoms with Gasteiger partial charge in [-0.15, -0.1) is 0 Å². The molecule has 1 saturated heterocycles. The van der Waals surface area contributed by atoms with E-state index >= 15 is 0 Å². The van der Waals surface area contributed by atoms with Crippen LogP contribution < -0.4 is 15.8 Å². The number of carbonyl (C=O) groups is 1. The van der Waals surface area contributed by atoms with Gasteiger partial charge in [-0.1, -0.05) is 0 Å². The first-order valence-electron chi connectivity index (χ1n) is 10.4. The summed E-state index contributed by atoms with van der Waals surface area (Å²) in [5.74, 6) is 2.97. The van der Waals surface area contributed by atoms with E-state index in [1.807, 2.05) is 17.0 Å². The van der Waals surface area contributed by atoms with E-state index in [9.17, 15) is 10.1 Å². The number of anilines is 1. The summed E-state index contributed by atoms with van der Waals surface area (Å²) < 4.78 is 5.13. The van der Waals surface area contributed by atoms with Crippen molar-refractivity contribution in [2.45, 2.75) is 29.6 Å². The average molecular weight is 511 g/mol. The topological polar surface area (TPSA) is 143 Å². The molecule has 2 atom stereocenters. The molecule has 0 aliphatic carbocycles. The van der Waals surface area contributed by atoms with Crippen LogP contribution in [0.25, 0.3) is 22.3 Å². The molecule has 0 aromatic carbocycles. The van der Waals surface area contributed by atoms with Gasteiger partial charge in [0.15, 0.2) is 0 Å². The number of hydrogen-bond acceptors (Lipinski definition) is 9. The fraction of sp³-hybridized carbons (Fsp3) is 0.364. The minimum Gasteiger partial charge on any atom is -0.192 e. The van der Waals surface area contributed by atoms with Crippen LogP contribution in [0.2, 0.25) is 11.1 Å². The zero-order valence-electron chi connectivity index (χ0n) is 18.4. The zero-order valence-corrected chi connectivity index (χ0v) is 20.1. The van der Waals surface area contributed by atoms with Gasteiger partial charge in [-0.05, 0) is 6.07 Å². The predicted molar refractivity (Wildman–Crippen MR) is 125 cm³/mol. The van der Waals surface area contributed by atoms with Crippen molar-refractivity contribution in [2.24, 2.45) is 5.73 Å². The number of fused-ring (bicyclic) bond motifs is 1. The van der Waals surface area contributed by atoms with Crippen molar-refractivity contribution in [2.75, 3.05) is 25.5 Å². The van der Waals surface area contributed by atoms with E-state index in [4.69, 9.17) is 15.5 Å². The Bertz CT molecular complexity index is 1210. The van der Waals surface area contributed by atoms with Crippen LogP contribution >= 0.6 is 0 Å². The van der Waals surface area contributed by atoms with Crippen LogP contribution in [0.5, 0.6) is 5.88 Å².